The van der Waals surface area contributed by atoms with E-state index in [-0.39, 0.29) is 11.7 Å². The first-order chi connectivity index (χ1) is 17.1. The minimum Gasteiger partial charge on any atom is -0.508 e. The fourth-order valence-corrected chi connectivity index (χ4v) is 3.94. The highest BCUT2D eigenvalue weighted by molar-refractivity contribution is 6.09. The summed E-state index contributed by atoms with van der Waals surface area (Å²) in [6, 6.07) is 23.0. The van der Waals surface area contributed by atoms with Crippen LogP contribution in [0, 0.1) is 0 Å². The lowest BCUT2D eigenvalue weighted by Crippen LogP contribution is -2.11. The fourth-order valence-electron chi connectivity index (χ4n) is 3.94. The summed E-state index contributed by atoms with van der Waals surface area (Å²) in [7, 11) is 3.17. The Labute approximate surface area is 201 Å². The minimum absolute atomic E-state index is 0.0389. The zero-order chi connectivity index (χ0) is 24.4. The van der Waals surface area contributed by atoms with Gasteiger partial charge in [0, 0.05) is 34.3 Å². The van der Waals surface area contributed by atoms with Gasteiger partial charge >= 0.3 is 0 Å². The molecule has 1 aromatic heterocycles. The summed E-state index contributed by atoms with van der Waals surface area (Å²) in [5.41, 5.74) is 1.75. The molecule has 0 unspecified atom stereocenters. The molecule has 174 valence electrons. The average Bonchev–Trinajstić information content (AvgIpc) is 2.88. The SMILES string of the molecule is COc1cc2nccc(Oc3ccc4c(NC(=O)c5cccc(O)c5)cccc4c3)c2cc1OC. The molecule has 0 atom stereocenters. The van der Waals surface area contributed by atoms with E-state index in [9.17, 15) is 9.90 Å². The highest BCUT2D eigenvalue weighted by atomic mass is 16.5. The van der Waals surface area contributed by atoms with Crippen molar-refractivity contribution in [2.45, 2.75) is 0 Å². The second-order valence-corrected chi connectivity index (χ2v) is 7.83. The van der Waals surface area contributed by atoms with E-state index in [1.807, 2.05) is 48.5 Å². The average molecular weight is 466 g/mol. The summed E-state index contributed by atoms with van der Waals surface area (Å²) < 4.78 is 17.0. The number of anilines is 1. The highest BCUT2D eigenvalue weighted by Crippen LogP contribution is 2.37. The van der Waals surface area contributed by atoms with Crippen molar-refractivity contribution in [3.05, 3.63) is 90.6 Å². The van der Waals surface area contributed by atoms with E-state index in [1.54, 1.807) is 38.6 Å². The number of phenolic OH excluding ortho intramolecular Hbond substituents is 1. The number of hydrogen-bond acceptors (Lipinski definition) is 6. The Morgan fingerprint density at radius 1 is 0.829 bits per heavy atom. The van der Waals surface area contributed by atoms with E-state index < -0.39 is 0 Å². The molecule has 7 heteroatoms. The molecule has 0 saturated carbocycles. The molecule has 0 saturated heterocycles. The molecule has 5 rings (SSSR count). The van der Waals surface area contributed by atoms with Crippen molar-refractivity contribution in [3.63, 3.8) is 0 Å². The summed E-state index contributed by atoms with van der Waals surface area (Å²) in [5, 5.41) is 15.1. The Kier molecular flexibility index (Phi) is 5.81. The third-order valence-electron chi connectivity index (χ3n) is 5.64. The van der Waals surface area contributed by atoms with E-state index >= 15 is 0 Å². The number of aromatic nitrogens is 1. The molecule has 0 bridgehead atoms. The number of phenols is 1. The van der Waals surface area contributed by atoms with Crippen molar-refractivity contribution in [1.29, 1.82) is 0 Å². The number of methoxy groups -OCH3 is 2. The topological polar surface area (TPSA) is 89.9 Å². The third-order valence-corrected chi connectivity index (χ3v) is 5.64. The van der Waals surface area contributed by atoms with Gasteiger partial charge in [-0.25, -0.2) is 0 Å². The van der Waals surface area contributed by atoms with Crippen LogP contribution in [0.2, 0.25) is 0 Å². The first-order valence-electron chi connectivity index (χ1n) is 10.9. The van der Waals surface area contributed by atoms with Crippen molar-refractivity contribution in [2.75, 3.05) is 19.5 Å². The lowest BCUT2D eigenvalue weighted by molar-refractivity contribution is 0.102. The number of ether oxygens (including phenoxy) is 3. The first kappa shape index (κ1) is 22.0. The van der Waals surface area contributed by atoms with Gasteiger partial charge in [0.25, 0.3) is 5.91 Å². The van der Waals surface area contributed by atoms with Crippen molar-refractivity contribution in [3.8, 4) is 28.7 Å². The molecule has 0 aliphatic rings. The van der Waals surface area contributed by atoms with Gasteiger partial charge in [0.1, 0.15) is 17.2 Å². The predicted octanol–water partition coefficient (Wildman–Crippen LogP) is 6.16. The van der Waals surface area contributed by atoms with Crippen molar-refractivity contribution in [2.24, 2.45) is 0 Å². The van der Waals surface area contributed by atoms with Gasteiger partial charge in [-0.3, -0.25) is 9.78 Å². The normalized spacial score (nSPS) is 10.8. The van der Waals surface area contributed by atoms with Gasteiger partial charge in [0.15, 0.2) is 11.5 Å². The predicted molar refractivity (Wildman–Crippen MR) is 135 cm³/mol. The molecule has 0 aliphatic heterocycles. The third kappa shape index (κ3) is 4.39. The van der Waals surface area contributed by atoms with E-state index in [0.29, 0.717) is 34.2 Å². The smallest absolute Gasteiger partial charge is 0.255 e. The zero-order valence-electron chi connectivity index (χ0n) is 19.1. The molecular weight excluding hydrogens is 444 g/mol. The molecule has 2 N–H and O–H groups in total. The lowest BCUT2D eigenvalue weighted by atomic mass is 10.1. The Bertz CT molecular complexity index is 1560. The first-order valence-corrected chi connectivity index (χ1v) is 10.9. The second-order valence-electron chi connectivity index (χ2n) is 7.83. The summed E-state index contributed by atoms with van der Waals surface area (Å²) >= 11 is 0. The van der Waals surface area contributed by atoms with Gasteiger partial charge in [0.05, 0.1) is 19.7 Å². The number of fused-ring (bicyclic) bond motifs is 2. The quantitative estimate of drug-likeness (QED) is 0.312. The summed E-state index contributed by atoms with van der Waals surface area (Å²) in [4.78, 5) is 17.1. The molecule has 7 nitrogen and oxygen atoms in total. The standard InChI is InChI=1S/C28H22N2O5/c1-33-26-15-22-24(16-27(26)34-2)29-12-11-25(22)35-20-9-10-21-17(14-20)5-4-8-23(21)30-28(32)18-6-3-7-19(31)13-18/h3-16,31H,1-2H3,(H,30,32). The lowest BCUT2D eigenvalue weighted by Gasteiger charge is -2.13. The van der Waals surface area contributed by atoms with E-state index in [4.69, 9.17) is 14.2 Å². The van der Waals surface area contributed by atoms with Crippen LogP contribution in [-0.4, -0.2) is 30.2 Å². The van der Waals surface area contributed by atoms with E-state index in [1.165, 1.54) is 12.1 Å². The maximum atomic E-state index is 12.7. The van der Waals surface area contributed by atoms with Crippen LogP contribution in [0.3, 0.4) is 0 Å². The number of carbonyl (C=O) groups excluding carboxylic acids is 1. The van der Waals surface area contributed by atoms with Gasteiger partial charge in [-0.05, 0) is 60.0 Å². The number of carbonyl (C=O) groups is 1. The number of nitrogens with zero attached hydrogens (tertiary/aromatic N) is 1. The Hall–Kier alpha value is -4.78. The number of rotatable bonds is 6. The van der Waals surface area contributed by atoms with Crippen LogP contribution in [0.15, 0.2) is 85.1 Å². The van der Waals surface area contributed by atoms with Gasteiger partial charge in [-0.2, -0.15) is 0 Å². The molecule has 1 amide bonds. The van der Waals surface area contributed by atoms with Crippen LogP contribution >= 0.6 is 0 Å². The molecule has 0 radical (unpaired) electrons. The second kappa shape index (κ2) is 9.23. The summed E-state index contributed by atoms with van der Waals surface area (Å²) in [6.07, 6.45) is 1.68. The molecule has 5 aromatic rings. The fraction of sp³-hybridized carbons (Fsp3) is 0.0714. The number of pyridine rings is 1. The van der Waals surface area contributed by atoms with E-state index in [0.717, 1.165) is 21.7 Å². The summed E-state index contributed by atoms with van der Waals surface area (Å²) in [5.74, 6) is 2.18. The molecule has 0 aliphatic carbocycles. The molecular formula is C28H22N2O5. The van der Waals surface area contributed by atoms with Gasteiger partial charge in [-0.15, -0.1) is 0 Å². The van der Waals surface area contributed by atoms with Crippen LogP contribution < -0.4 is 19.5 Å². The van der Waals surface area contributed by atoms with Crippen LogP contribution in [0.1, 0.15) is 10.4 Å². The monoisotopic (exact) mass is 466 g/mol. The number of nitrogens with one attached hydrogen (secondary N) is 1. The largest absolute Gasteiger partial charge is 0.508 e. The Balaban J connectivity index is 1.46. The minimum atomic E-state index is -0.304. The van der Waals surface area contributed by atoms with E-state index in [2.05, 4.69) is 10.3 Å². The molecule has 0 fully saturated rings. The molecule has 4 aromatic carbocycles. The van der Waals surface area contributed by atoms with Crippen molar-refractivity contribution >= 4 is 33.3 Å². The van der Waals surface area contributed by atoms with Crippen LogP contribution in [0.4, 0.5) is 5.69 Å². The maximum absolute atomic E-state index is 12.7. The summed E-state index contributed by atoms with van der Waals surface area (Å²) in [6.45, 7) is 0. The van der Waals surface area contributed by atoms with Crippen molar-refractivity contribution < 1.29 is 24.1 Å². The van der Waals surface area contributed by atoms with Crippen LogP contribution in [-0.2, 0) is 0 Å². The van der Waals surface area contributed by atoms with Crippen LogP contribution in [0.25, 0.3) is 21.7 Å². The van der Waals surface area contributed by atoms with Crippen LogP contribution in [0.5, 0.6) is 28.7 Å². The molecule has 0 spiro atoms. The Morgan fingerprint density at radius 2 is 1.63 bits per heavy atom. The zero-order valence-corrected chi connectivity index (χ0v) is 19.1. The van der Waals surface area contributed by atoms with Gasteiger partial charge in [-0.1, -0.05) is 18.2 Å². The highest BCUT2D eigenvalue weighted by Gasteiger charge is 2.13. The molecule has 35 heavy (non-hydrogen) atoms. The van der Waals surface area contributed by atoms with Crippen molar-refractivity contribution in [1.82, 2.24) is 4.98 Å². The van der Waals surface area contributed by atoms with Gasteiger partial charge < -0.3 is 24.6 Å². The molecule has 1 heterocycles. The van der Waals surface area contributed by atoms with Gasteiger partial charge in [0.2, 0.25) is 0 Å². The number of benzene rings is 4. The number of amides is 1. The Morgan fingerprint density at radius 3 is 2.43 bits per heavy atom. The maximum Gasteiger partial charge on any atom is 0.255 e. The number of aromatic hydroxyl groups is 1. The number of hydrogen-bond donors (Lipinski definition) is 2.